The first-order chi connectivity index (χ1) is 14.9. The molecule has 2 aromatic rings. The number of nitrogens with one attached hydrogen (secondary N) is 1. The van der Waals surface area contributed by atoms with E-state index in [4.69, 9.17) is 0 Å². The Morgan fingerprint density at radius 1 is 1.29 bits per heavy atom. The summed E-state index contributed by atoms with van der Waals surface area (Å²) in [7, 11) is 0. The molecule has 2 aliphatic rings. The molecule has 0 spiro atoms. The fourth-order valence-corrected chi connectivity index (χ4v) is 5.78. The van der Waals surface area contributed by atoms with E-state index in [1.807, 2.05) is 18.7 Å². The number of halogens is 1. The number of aryl methyl sites for hydroxylation is 1. The maximum atomic E-state index is 14.0. The number of anilines is 1. The Labute approximate surface area is 187 Å². The fourth-order valence-electron chi connectivity index (χ4n) is 4.76. The number of hydrogen-bond donors (Lipinski definition) is 1. The minimum absolute atomic E-state index is 0.0604. The molecule has 0 unspecified atom stereocenters. The predicted octanol–water partition coefficient (Wildman–Crippen LogP) is 4.50. The molecule has 8 heteroatoms. The Bertz CT molecular complexity index is 911. The molecule has 2 atom stereocenters. The average Bonchev–Trinajstić information content (AvgIpc) is 3.13. The SMILES string of the molecule is Cc1nc(N[C@@H](C)c2ncccc2F)sc1C(=O)N1CCC(N2CCC[C@@H](C)C2)CC1. The summed E-state index contributed by atoms with van der Waals surface area (Å²) in [6.45, 7) is 10.0. The number of aromatic nitrogens is 2. The number of piperidine rings is 2. The highest BCUT2D eigenvalue weighted by atomic mass is 32.1. The van der Waals surface area contributed by atoms with Gasteiger partial charge in [0, 0.05) is 31.9 Å². The van der Waals surface area contributed by atoms with Crippen molar-refractivity contribution in [3.8, 4) is 0 Å². The summed E-state index contributed by atoms with van der Waals surface area (Å²) in [4.78, 5) is 27.1. The Hall–Kier alpha value is -2.06. The number of carbonyl (C=O) groups is 1. The van der Waals surface area contributed by atoms with Crippen LogP contribution in [0.5, 0.6) is 0 Å². The van der Waals surface area contributed by atoms with Gasteiger partial charge in [0.1, 0.15) is 10.7 Å². The van der Waals surface area contributed by atoms with Crippen LogP contribution < -0.4 is 5.32 Å². The minimum atomic E-state index is -0.349. The van der Waals surface area contributed by atoms with Crippen LogP contribution in [0.1, 0.15) is 66.6 Å². The second kappa shape index (κ2) is 9.61. The van der Waals surface area contributed by atoms with E-state index in [0.717, 1.165) is 37.5 Å². The van der Waals surface area contributed by atoms with Crippen molar-refractivity contribution in [2.75, 3.05) is 31.5 Å². The van der Waals surface area contributed by atoms with Crippen molar-refractivity contribution in [3.05, 3.63) is 40.4 Å². The Kier molecular flexibility index (Phi) is 6.86. The molecule has 1 N–H and O–H groups in total. The van der Waals surface area contributed by atoms with Gasteiger partial charge in [-0.05, 0) is 64.1 Å². The Balaban J connectivity index is 1.36. The van der Waals surface area contributed by atoms with Gasteiger partial charge in [0.15, 0.2) is 5.13 Å². The number of nitrogens with zero attached hydrogens (tertiary/aromatic N) is 4. The van der Waals surface area contributed by atoms with Crippen molar-refractivity contribution in [2.24, 2.45) is 5.92 Å². The molecule has 168 valence electrons. The van der Waals surface area contributed by atoms with Crippen LogP contribution in [0.3, 0.4) is 0 Å². The first kappa shape index (κ1) is 22.1. The molecule has 2 fully saturated rings. The average molecular weight is 446 g/mol. The molecule has 4 rings (SSSR count). The van der Waals surface area contributed by atoms with Gasteiger partial charge in [0.25, 0.3) is 5.91 Å². The molecule has 2 aromatic heterocycles. The summed E-state index contributed by atoms with van der Waals surface area (Å²) < 4.78 is 14.0. The van der Waals surface area contributed by atoms with Gasteiger partial charge in [-0.15, -0.1) is 0 Å². The molecular formula is C23H32FN5OS. The summed E-state index contributed by atoms with van der Waals surface area (Å²) in [6.07, 6.45) is 6.28. The zero-order valence-corrected chi connectivity index (χ0v) is 19.4. The molecule has 0 radical (unpaired) electrons. The number of carbonyl (C=O) groups excluding carboxylic acids is 1. The molecule has 0 aromatic carbocycles. The molecule has 0 bridgehead atoms. The maximum Gasteiger partial charge on any atom is 0.265 e. The van der Waals surface area contributed by atoms with Crippen LogP contribution in [0.4, 0.5) is 9.52 Å². The lowest BCUT2D eigenvalue weighted by atomic mass is 9.95. The first-order valence-electron chi connectivity index (χ1n) is 11.3. The standard InChI is InChI=1S/C23H32FN5OS/c1-15-6-5-11-29(14-15)18-8-12-28(13-9-18)22(30)21-17(3)27-23(31-21)26-16(2)20-19(24)7-4-10-25-20/h4,7,10,15-16,18H,5-6,8-9,11-14H2,1-3H3,(H,26,27)/t15-,16+/m1/s1. The first-order valence-corrected chi connectivity index (χ1v) is 12.1. The third-order valence-electron chi connectivity index (χ3n) is 6.48. The highest BCUT2D eigenvalue weighted by Crippen LogP contribution is 2.29. The molecule has 2 aliphatic heterocycles. The van der Waals surface area contributed by atoms with Crippen molar-refractivity contribution in [1.29, 1.82) is 0 Å². The van der Waals surface area contributed by atoms with Gasteiger partial charge in [0.2, 0.25) is 0 Å². The topological polar surface area (TPSA) is 61.4 Å². The number of likely N-dealkylation sites (tertiary alicyclic amines) is 2. The van der Waals surface area contributed by atoms with Gasteiger partial charge in [-0.1, -0.05) is 18.3 Å². The zero-order chi connectivity index (χ0) is 22.0. The fraction of sp³-hybridized carbons (Fsp3) is 0.609. The summed E-state index contributed by atoms with van der Waals surface area (Å²) in [5.74, 6) is 0.490. The van der Waals surface area contributed by atoms with Crippen LogP contribution in [-0.4, -0.2) is 57.9 Å². The highest BCUT2D eigenvalue weighted by molar-refractivity contribution is 7.17. The summed E-state index contributed by atoms with van der Waals surface area (Å²) in [6, 6.07) is 3.24. The van der Waals surface area contributed by atoms with Crippen molar-refractivity contribution in [2.45, 2.75) is 58.5 Å². The molecule has 4 heterocycles. The summed E-state index contributed by atoms with van der Waals surface area (Å²) in [5, 5.41) is 3.82. The second-order valence-corrected chi connectivity index (χ2v) is 9.93. The molecule has 0 aliphatic carbocycles. The van der Waals surface area contributed by atoms with Gasteiger partial charge >= 0.3 is 0 Å². The number of pyridine rings is 1. The molecule has 6 nitrogen and oxygen atoms in total. The minimum Gasteiger partial charge on any atom is -0.353 e. The van der Waals surface area contributed by atoms with E-state index >= 15 is 0 Å². The second-order valence-electron chi connectivity index (χ2n) is 8.94. The predicted molar refractivity (Wildman–Crippen MR) is 122 cm³/mol. The van der Waals surface area contributed by atoms with Crippen LogP contribution in [-0.2, 0) is 0 Å². The Morgan fingerprint density at radius 2 is 2.06 bits per heavy atom. The van der Waals surface area contributed by atoms with Gasteiger partial charge in [0.05, 0.1) is 17.4 Å². The van der Waals surface area contributed by atoms with Crippen LogP contribution >= 0.6 is 11.3 Å². The van der Waals surface area contributed by atoms with E-state index in [1.54, 1.807) is 12.3 Å². The number of amides is 1. The van der Waals surface area contributed by atoms with Crippen LogP contribution in [0.25, 0.3) is 0 Å². The van der Waals surface area contributed by atoms with Gasteiger partial charge in [-0.25, -0.2) is 9.37 Å². The van der Waals surface area contributed by atoms with E-state index in [1.165, 1.54) is 43.3 Å². The molecule has 1 amide bonds. The van der Waals surface area contributed by atoms with E-state index in [2.05, 4.69) is 27.1 Å². The van der Waals surface area contributed by atoms with Gasteiger partial charge in [-0.3, -0.25) is 14.7 Å². The van der Waals surface area contributed by atoms with Crippen molar-refractivity contribution < 1.29 is 9.18 Å². The summed E-state index contributed by atoms with van der Waals surface area (Å²) in [5.41, 5.74) is 1.07. The molecular weight excluding hydrogens is 413 g/mol. The molecule has 31 heavy (non-hydrogen) atoms. The van der Waals surface area contributed by atoms with Crippen molar-refractivity contribution in [1.82, 2.24) is 19.8 Å². The van der Waals surface area contributed by atoms with E-state index in [-0.39, 0.29) is 17.8 Å². The quantitative estimate of drug-likeness (QED) is 0.735. The van der Waals surface area contributed by atoms with E-state index in [0.29, 0.717) is 21.7 Å². The highest BCUT2D eigenvalue weighted by Gasteiger charge is 2.31. The number of thiazole rings is 1. The Morgan fingerprint density at radius 3 is 2.77 bits per heavy atom. The lowest BCUT2D eigenvalue weighted by Gasteiger charge is -2.41. The third-order valence-corrected chi connectivity index (χ3v) is 7.56. The monoisotopic (exact) mass is 445 g/mol. The van der Waals surface area contributed by atoms with Crippen molar-refractivity contribution in [3.63, 3.8) is 0 Å². The number of hydrogen-bond acceptors (Lipinski definition) is 6. The van der Waals surface area contributed by atoms with Gasteiger partial charge < -0.3 is 10.2 Å². The maximum absolute atomic E-state index is 14.0. The number of rotatable bonds is 5. The summed E-state index contributed by atoms with van der Waals surface area (Å²) >= 11 is 1.35. The van der Waals surface area contributed by atoms with E-state index in [9.17, 15) is 9.18 Å². The van der Waals surface area contributed by atoms with E-state index < -0.39 is 0 Å². The van der Waals surface area contributed by atoms with Crippen molar-refractivity contribution >= 4 is 22.4 Å². The third kappa shape index (κ3) is 5.06. The van der Waals surface area contributed by atoms with Gasteiger partial charge in [-0.2, -0.15) is 0 Å². The van der Waals surface area contributed by atoms with Crippen LogP contribution in [0, 0.1) is 18.7 Å². The largest absolute Gasteiger partial charge is 0.353 e. The van der Waals surface area contributed by atoms with Crippen LogP contribution in [0.2, 0.25) is 0 Å². The lowest BCUT2D eigenvalue weighted by Crippen LogP contribution is -2.49. The normalized spacial score (nSPS) is 21.8. The molecule has 0 saturated carbocycles. The molecule has 2 saturated heterocycles. The smallest absolute Gasteiger partial charge is 0.265 e. The lowest BCUT2D eigenvalue weighted by molar-refractivity contribution is 0.0545. The van der Waals surface area contributed by atoms with Crippen LogP contribution in [0.15, 0.2) is 18.3 Å². The zero-order valence-electron chi connectivity index (χ0n) is 18.6.